The minimum absolute atomic E-state index is 0.0252. The van der Waals surface area contributed by atoms with E-state index in [1.54, 1.807) is 18.3 Å². The van der Waals surface area contributed by atoms with Crippen LogP contribution >= 0.6 is 0 Å². The fraction of sp³-hybridized carbons (Fsp3) is 0.200. The van der Waals surface area contributed by atoms with Crippen molar-refractivity contribution in [1.29, 1.82) is 0 Å². The molecular weight excluding hydrogens is 660 g/mol. The maximum atomic E-state index is 14.1. The molecule has 0 aliphatic carbocycles. The third-order valence-electron chi connectivity index (χ3n) is 9.09. The Labute approximate surface area is 299 Å². The molecule has 3 amide bonds. The largest absolute Gasteiger partial charge is 0.508 e. The summed E-state index contributed by atoms with van der Waals surface area (Å²) in [4.78, 5) is 60.3. The summed E-state index contributed by atoms with van der Waals surface area (Å²) in [5.41, 5.74) is 11.1. The summed E-state index contributed by atoms with van der Waals surface area (Å²) >= 11 is 0. The molecule has 6 rings (SSSR count). The first-order valence-electron chi connectivity index (χ1n) is 17.0. The number of hydrogen-bond acceptors (Lipinski definition) is 6. The number of aromatic hydroxyl groups is 1. The van der Waals surface area contributed by atoms with Crippen LogP contribution in [-0.4, -0.2) is 68.0 Å². The number of H-pyrrole nitrogens is 2. The van der Waals surface area contributed by atoms with Crippen molar-refractivity contribution in [3.05, 3.63) is 138 Å². The number of nitrogens with one attached hydrogen (secondary N) is 5. The zero-order chi connectivity index (χ0) is 36.6. The first-order chi connectivity index (χ1) is 25.1. The molecule has 9 N–H and O–H groups in total. The van der Waals surface area contributed by atoms with Gasteiger partial charge in [0.1, 0.15) is 23.9 Å². The van der Waals surface area contributed by atoms with Crippen LogP contribution in [0.15, 0.2) is 116 Å². The van der Waals surface area contributed by atoms with E-state index in [1.807, 2.05) is 85.1 Å². The van der Waals surface area contributed by atoms with Gasteiger partial charge in [-0.2, -0.15) is 0 Å². The van der Waals surface area contributed by atoms with E-state index in [0.717, 1.165) is 38.5 Å². The van der Waals surface area contributed by atoms with Crippen molar-refractivity contribution < 1.29 is 29.4 Å². The van der Waals surface area contributed by atoms with Crippen LogP contribution in [0.3, 0.4) is 0 Å². The lowest BCUT2D eigenvalue weighted by atomic mass is 10.00. The van der Waals surface area contributed by atoms with E-state index < -0.39 is 47.9 Å². The number of aliphatic carboxylic acids is 1. The predicted octanol–water partition coefficient (Wildman–Crippen LogP) is 3.49. The molecule has 0 fully saturated rings. The van der Waals surface area contributed by atoms with Crippen molar-refractivity contribution in [2.24, 2.45) is 5.73 Å². The molecule has 12 nitrogen and oxygen atoms in total. The van der Waals surface area contributed by atoms with Gasteiger partial charge in [-0.05, 0) is 52.9 Å². The summed E-state index contributed by atoms with van der Waals surface area (Å²) in [6, 6.07) is 25.7. The molecule has 0 spiro atoms. The second-order valence-electron chi connectivity index (χ2n) is 12.8. The average molecular weight is 701 g/mol. The standard InChI is InChI=1S/C40H40N6O6/c41-31(20-26-22-42-32-12-6-4-10-29(26)32)37(48)44-34(18-24-8-2-1-3-9-24)38(49)45-35(21-27-23-43-33-13-7-5-11-30(27)33)39(50)46-36(40(51)52)19-25-14-16-28(47)17-15-25/h1-17,22-23,31,34-36,42-43,47H,18-21,41H2,(H,44,48)(H,45,49)(H,46,50)(H,51,52). The van der Waals surface area contributed by atoms with Gasteiger partial charge in [0.2, 0.25) is 17.7 Å². The van der Waals surface area contributed by atoms with Gasteiger partial charge in [-0.3, -0.25) is 14.4 Å². The molecule has 4 atom stereocenters. The van der Waals surface area contributed by atoms with E-state index in [9.17, 15) is 29.4 Å². The number of aromatic amines is 2. The van der Waals surface area contributed by atoms with Crippen LogP contribution in [0.5, 0.6) is 5.75 Å². The topological polar surface area (TPSA) is 202 Å². The molecule has 0 saturated carbocycles. The van der Waals surface area contributed by atoms with E-state index in [1.165, 1.54) is 12.1 Å². The number of nitrogens with two attached hydrogens (primary N) is 1. The Morgan fingerprint density at radius 1 is 0.558 bits per heavy atom. The van der Waals surface area contributed by atoms with Gasteiger partial charge in [-0.1, -0.05) is 78.9 Å². The first-order valence-corrected chi connectivity index (χ1v) is 17.0. The summed E-state index contributed by atoms with van der Waals surface area (Å²) in [7, 11) is 0. The van der Waals surface area contributed by atoms with Crippen LogP contribution in [0.2, 0.25) is 0 Å². The highest BCUT2D eigenvalue weighted by atomic mass is 16.4. The molecule has 0 radical (unpaired) electrons. The normalized spacial score (nSPS) is 13.6. The maximum absolute atomic E-state index is 14.1. The van der Waals surface area contributed by atoms with Crippen molar-refractivity contribution in [3.63, 3.8) is 0 Å². The summed E-state index contributed by atoms with van der Waals surface area (Å²) in [6.45, 7) is 0. The minimum atomic E-state index is -1.33. The highest BCUT2D eigenvalue weighted by Gasteiger charge is 2.31. The monoisotopic (exact) mass is 700 g/mol. The predicted molar refractivity (Wildman–Crippen MR) is 197 cm³/mol. The highest BCUT2D eigenvalue weighted by Crippen LogP contribution is 2.21. The van der Waals surface area contributed by atoms with Crippen molar-refractivity contribution in [1.82, 2.24) is 25.9 Å². The zero-order valence-corrected chi connectivity index (χ0v) is 28.2. The first kappa shape index (κ1) is 35.4. The van der Waals surface area contributed by atoms with Gasteiger partial charge in [0.15, 0.2) is 0 Å². The summed E-state index contributed by atoms with van der Waals surface area (Å²) in [6.07, 6.45) is 3.85. The van der Waals surface area contributed by atoms with Crippen LogP contribution in [-0.2, 0) is 44.9 Å². The van der Waals surface area contributed by atoms with Crippen LogP contribution in [0.25, 0.3) is 21.8 Å². The summed E-state index contributed by atoms with van der Waals surface area (Å²) < 4.78 is 0. The second kappa shape index (κ2) is 16.1. The van der Waals surface area contributed by atoms with Crippen molar-refractivity contribution in [2.45, 2.75) is 49.9 Å². The fourth-order valence-corrected chi connectivity index (χ4v) is 6.31. The molecule has 0 aliphatic rings. The van der Waals surface area contributed by atoms with E-state index in [4.69, 9.17) is 5.73 Å². The van der Waals surface area contributed by atoms with Gasteiger partial charge in [0.05, 0.1) is 6.04 Å². The number of carbonyl (C=O) groups excluding carboxylic acids is 3. The van der Waals surface area contributed by atoms with Crippen LogP contribution in [0, 0.1) is 0 Å². The molecule has 4 unspecified atom stereocenters. The fourth-order valence-electron chi connectivity index (χ4n) is 6.31. The number of aromatic nitrogens is 2. The molecule has 12 heteroatoms. The molecular formula is C40H40N6O6. The smallest absolute Gasteiger partial charge is 0.326 e. The Balaban J connectivity index is 1.24. The SMILES string of the molecule is NC(Cc1c[nH]c2ccccc12)C(=O)NC(Cc1ccccc1)C(=O)NC(Cc1c[nH]c2ccccc12)C(=O)NC(Cc1ccc(O)cc1)C(=O)O. The number of benzene rings is 4. The molecule has 4 aromatic carbocycles. The average Bonchev–Trinajstić information content (AvgIpc) is 3.75. The van der Waals surface area contributed by atoms with E-state index >= 15 is 0 Å². The van der Waals surface area contributed by atoms with Gasteiger partial charge < -0.3 is 41.9 Å². The number of carboxylic acids is 1. The number of hydrogen-bond donors (Lipinski definition) is 8. The number of phenolic OH excluding ortho intramolecular Hbond substituents is 1. The zero-order valence-electron chi connectivity index (χ0n) is 28.2. The molecule has 2 aromatic heterocycles. The molecule has 266 valence electrons. The van der Waals surface area contributed by atoms with Crippen LogP contribution < -0.4 is 21.7 Å². The molecule has 52 heavy (non-hydrogen) atoms. The van der Waals surface area contributed by atoms with Crippen LogP contribution in [0.1, 0.15) is 22.3 Å². The Hall–Kier alpha value is -6.40. The third-order valence-corrected chi connectivity index (χ3v) is 9.09. The van der Waals surface area contributed by atoms with Gasteiger partial charge >= 0.3 is 5.97 Å². The number of carboxylic acid groups (broad SMARTS) is 1. The quantitative estimate of drug-likeness (QED) is 0.0801. The highest BCUT2D eigenvalue weighted by molar-refractivity contribution is 5.95. The summed E-state index contributed by atoms with van der Waals surface area (Å²) in [5.74, 6) is -3.14. The maximum Gasteiger partial charge on any atom is 0.326 e. The lowest BCUT2D eigenvalue weighted by Crippen LogP contribution is -2.58. The van der Waals surface area contributed by atoms with Gasteiger partial charge in [-0.15, -0.1) is 0 Å². The van der Waals surface area contributed by atoms with Crippen molar-refractivity contribution >= 4 is 45.5 Å². The van der Waals surface area contributed by atoms with E-state index in [-0.39, 0.29) is 31.4 Å². The summed E-state index contributed by atoms with van der Waals surface area (Å²) in [5, 5.41) is 29.7. The molecule has 6 aromatic rings. The Morgan fingerprint density at radius 3 is 1.62 bits per heavy atom. The van der Waals surface area contributed by atoms with Crippen molar-refractivity contribution in [3.8, 4) is 5.75 Å². The number of phenols is 1. The van der Waals surface area contributed by atoms with Gasteiger partial charge in [0, 0.05) is 53.5 Å². The second-order valence-corrected chi connectivity index (χ2v) is 12.8. The van der Waals surface area contributed by atoms with E-state index in [2.05, 4.69) is 25.9 Å². The van der Waals surface area contributed by atoms with E-state index in [0.29, 0.717) is 5.56 Å². The number of amides is 3. The molecule has 0 saturated heterocycles. The van der Waals surface area contributed by atoms with Crippen LogP contribution in [0.4, 0.5) is 0 Å². The number of rotatable bonds is 15. The number of carbonyl (C=O) groups is 4. The third kappa shape index (κ3) is 8.66. The number of fused-ring (bicyclic) bond motifs is 2. The van der Waals surface area contributed by atoms with Crippen molar-refractivity contribution in [2.75, 3.05) is 0 Å². The molecule has 0 aliphatic heterocycles. The Morgan fingerprint density at radius 2 is 1.02 bits per heavy atom. The molecule has 2 heterocycles. The lowest BCUT2D eigenvalue weighted by molar-refractivity contribution is -0.142. The lowest BCUT2D eigenvalue weighted by Gasteiger charge is -2.25. The Bertz CT molecular complexity index is 2180. The minimum Gasteiger partial charge on any atom is -0.508 e. The van der Waals surface area contributed by atoms with Gasteiger partial charge in [-0.25, -0.2) is 4.79 Å². The van der Waals surface area contributed by atoms with Gasteiger partial charge in [0.25, 0.3) is 0 Å². The number of para-hydroxylation sites is 2. The Kier molecular flexibility index (Phi) is 11.0. The molecule has 0 bridgehead atoms.